The molecule has 1 amide bonds. The number of methoxy groups -OCH3 is 1. The zero-order valence-corrected chi connectivity index (χ0v) is 12.4. The molecule has 1 saturated heterocycles. The molecule has 1 aromatic carbocycles. The fourth-order valence-corrected chi connectivity index (χ4v) is 2.42. The minimum Gasteiger partial charge on any atom is -0.493 e. The van der Waals surface area contributed by atoms with Gasteiger partial charge in [0.25, 0.3) is 0 Å². The van der Waals surface area contributed by atoms with E-state index in [9.17, 15) is 4.79 Å². The van der Waals surface area contributed by atoms with Crippen molar-refractivity contribution in [2.75, 3.05) is 20.4 Å². The van der Waals surface area contributed by atoms with E-state index >= 15 is 0 Å². The van der Waals surface area contributed by atoms with Crippen LogP contribution in [0, 0.1) is 6.92 Å². The molecule has 0 radical (unpaired) electrons. The number of nitrogens with two attached hydrogens (primary N) is 1. The van der Waals surface area contributed by atoms with Crippen LogP contribution in [0.2, 0.25) is 0 Å². The molecule has 6 nitrogen and oxygen atoms in total. The molecule has 0 aromatic heterocycles. The van der Waals surface area contributed by atoms with Crippen LogP contribution < -0.4 is 15.2 Å². The van der Waals surface area contributed by atoms with Gasteiger partial charge in [0, 0.05) is 18.8 Å². The Morgan fingerprint density at radius 3 is 2.95 bits per heavy atom. The number of amides is 1. The van der Waals surface area contributed by atoms with E-state index in [1.807, 2.05) is 19.2 Å². The molecule has 0 aliphatic carbocycles. The van der Waals surface area contributed by atoms with Gasteiger partial charge >= 0.3 is 0 Å². The smallest absolute Gasteiger partial charge is 0.210 e. The van der Waals surface area contributed by atoms with E-state index in [1.165, 1.54) is 0 Å². The number of hydrogen-bond acceptors (Lipinski definition) is 5. The van der Waals surface area contributed by atoms with Crippen molar-refractivity contribution in [1.29, 1.82) is 0 Å². The van der Waals surface area contributed by atoms with Crippen molar-refractivity contribution in [3.63, 3.8) is 0 Å². The summed E-state index contributed by atoms with van der Waals surface area (Å²) in [5.41, 5.74) is 7.18. The Labute approximate surface area is 124 Å². The molecular weight excluding hydrogens is 270 g/mol. The number of carbonyl (C=O) groups is 1. The van der Waals surface area contributed by atoms with E-state index in [-0.39, 0.29) is 12.8 Å². The first-order valence-electron chi connectivity index (χ1n) is 6.96. The Kier molecular flexibility index (Phi) is 5.16. The molecule has 0 bridgehead atoms. The SMILES string of the molecule is COc1cc(C)c(N=CC2CCCN2C=O)cc1OCN. The number of benzene rings is 1. The molecule has 1 fully saturated rings. The maximum atomic E-state index is 10.9. The Hall–Kier alpha value is -2.08. The van der Waals surface area contributed by atoms with E-state index < -0.39 is 0 Å². The van der Waals surface area contributed by atoms with Gasteiger partial charge in [0.1, 0.15) is 6.73 Å². The van der Waals surface area contributed by atoms with Gasteiger partial charge in [-0.3, -0.25) is 15.5 Å². The number of carbonyl (C=O) groups excluding carboxylic acids is 1. The van der Waals surface area contributed by atoms with Crippen molar-refractivity contribution in [2.24, 2.45) is 10.7 Å². The van der Waals surface area contributed by atoms with Crippen molar-refractivity contribution < 1.29 is 14.3 Å². The lowest BCUT2D eigenvalue weighted by Gasteiger charge is -2.15. The van der Waals surface area contributed by atoms with Crippen LogP contribution in [0.5, 0.6) is 11.5 Å². The molecule has 1 heterocycles. The van der Waals surface area contributed by atoms with E-state index in [0.29, 0.717) is 11.5 Å². The van der Waals surface area contributed by atoms with Gasteiger partial charge in [-0.25, -0.2) is 0 Å². The zero-order chi connectivity index (χ0) is 15.2. The molecule has 21 heavy (non-hydrogen) atoms. The lowest BCUT2D eigenvalue weighted by molar-refractivity contribution is -0.117. The van der Waals surface area contributed by atoms with Gasteiger partial charge in [-0.15, -0.1) is 0 Å². The molecule has 6 heteroatoms. The fourth-order valence-electron chi connectivity index (χ4n) is 2.42. The maximum absolute atomic E-state index is 10.9. The van der Waals surface area contributed by atoms with Crippen LogP contribution >= 0.6 is 0 Å². The summed E-state index contributed by atoms with van der Waals surface area (Å²) in [6.45, 7) is 2.82. The van der Waals surface area contributed by atoms with Crippen LogP contribution in [0.3, 0.4) is 0 Å². The van der Waals surface area contributed by atoms with E-state index in [1.54, 1.807) is 18.1 Å². The Balaban J connectivity index is 2.22. The van der Waals surface area contributed by atoms with Gasteiger partial charge in [-0.2, -0.15) is 0 Å². The lowest BCUT2D eigenvalue weighted by Crippen LogP contribution is -2.28. The summed E-state index contributed by atoms with van der Waals surface area (Å²) in [6.07, 6.45) is 4.66. The Morgan fingerprint density at radius 2 is 2.29 bits per heavy atom. The third-order valence-corrected chi connectivity index (χ3v) is 3.58. The van der Waals surface area contributed by atoms with Crippen LogP contribution in [0.1, 0.15) is 18.4 Å². The molecule has 2 N–H and O–H groups in total. The summed E-state index contributed by atoms with van der Waals surface area (Å²) >= 11 is 0. The largest absolute Gasteiger partial charge is 0.493 e. The average Bonchev–Trinajstić information content (AvgIpc) is 2.95. The van der Waals surface area contributed by atoms with Gasteiger partial charge in [0.2, 0.25) is 6.41 Å². The maximum Gasteiger partial charge on any atom is 0.210 e. The molecule has 114 valence electrons. The molecule has 2 rings (SSSR count). The van der Waals surface area contributed by atoms with Crippen molar-refractivity contribution >= 4 is 18.3 Å². The average molecular weight is 291 g/mol. The third kappa shape index (κ3) is 3.52. The van der Waals surface area contributed by atoms with Crippen LogP contribution in [0.4, 0.5) is 5.69 Å². The zero-order valence-electron chi connectivity index (χ0n) is 12.4. The van der Waals surface area contributed by atoms with Gasteiger partial charge in [-0.1, -0.05) is 0 Å². The first-order valence-corrected chi connectivity index (χ1v) is 6.96. The van der Waals surface area contributed by atoms with Crippen molar-refractivity contribution in [2.45, 2.75) is 25.8 Å². The summed E-state index contributed by atoms with van der Waals surface area (Å²) in [6, 6.07) is 3.74. The number of rotatable bonds is 6. The minimum atomic E-state index is 0.0721. The van der Waals surface area contributed by atoms with Gasteiger partial charge in [0.15, 0.2) is 11.5 Å². The summed E-state index contributed by atoms with van der Waals surface area (Å²) in [4.78, 5) is 17.2. The second-order valence-corrected chi connectivity index (χ2v) is 4.93. The molecule has 0 spiro atoms. The second kappa shape index (κ2) is 7.08. The van der Waals surface area contributed by atoms with Crippen molar-refractivity contribution in [3.05, 3.63) is 17.7 Å². The molecule has 1 aliphatic rings. The minimum absolute atomic E-state index is 0.0721. The van der Waals surface area contributed by atoms with Crippen LogP contribution in [-0.4, -0.2) is 44.0 Å². The van der Waals surface area contributed by atoms with Gasteiger partial charge in [0.05, 0.1) is 18.8 Å². The first kappa shape index (κ1) is 15.3. The second-order valence-electron chi connectivity index (χ2n) is 4.93. The highest BCUT2D eigenvalue weighted by Crippen LogP contribution is 2.34. The summed E-state index contributed by atoms with van der Waals surface area (Å²) in [5.74, 6) is 1.20. The van der Waals surface area contributed by atoms with E-state index in [4.69, 9.17) is 15.2 Å². The summed E-state index contributed by atoms with van der Waals surface area (Å²) in [7, 11) is 1.58. The lowest BCUT2D eigenvalue weighted by atomic mass is 10.1. The number of hydrogen-bond donors (Lipinski definition) is 1. The molecule has 1 unspecified atom stereocenters. The summed E-state index contributed by atoms with van der Waals surface area (Å²) < 4.78 is 10.6. The topological polar surface area (TPSA) is 77.1 Å². The van der Waals surface area contributed by atoms with Crippen LogP contribution in [0.15, 0.2) is 17.1 Å². The first-order chi connectivity index (χ1) is 10.2. The Morgan fingerprint density at radius 1 is 1.48 bits per heavy atom. The number of aryl methyl sites for hydroxylation is 1. The predicted octanol–water partition coefficient (Wildman–Crippen LogP) is 1.62. The molecular formula is C15H21N3O3. The van der Waals surface area contributed by atoms with Crippen molar-refractivity contribution in [1.82, 2.24) is 4.90 Å². The molecule has 1 atom stereocenters. The van der Waals surface area contributed by atoms with Crippen LogP contribution in [-0.2, 0) is 4.79 Å². The molecule has 1 aromatic rings. The van der Waals surface area contributed by atoms with Gasteiger partial charge in [-0.05, 0) is 31.4 Å². The number of aliphatic imine (C=N–C) groups is 1. The highest BCUT2D eigenvalue weighted by molar-refractivity contribution is 5.74. The fraction of sp³-hybridized carbons (Fsp3) is 0.467. The molecule has 1 aliphatic heterocycles. The number of nitrogens with zero attached hydrogens (tertiary/aromatic N) is 2. The van der Waals surface area contributed by atoms with E-state index in [0.717, 1.165) is 37.0 Å². The van der Waals surface area contributed by atoms with Gasteiger partial charge < -0.3 is 14.4 Å². The highest BCUT2D eigenvalue weighted by atomic mass is 16.5. The number of ether oxygens (including phenoxy) is 2. The number of likely N-dealkylation sites (tertiary alicyclic amines) is 1. The van der Waals surface area contributed by atoms with E-state index in [2.05, 4.69) is 4.99 Å². The standard InChI is InChI=1S/C15H21N3O3/c1-11-6-14(20-2)15(21-9-16)7-13(11)17-8-12-4-3-5-18(12)10-19/h6-8,10,12H,3-5,9,16H2,1-2H3. The quantitative estimate of drug-likeness (QED) is 0.491. The summed E-state index contributed by atoms with van der Waals surface area (Å²) in [5, 5.41) is 0. The monoisotopic (exact) mass is 291 g/mol. The van der Waals surface area contributed by atoms with Crippen molar-refractivity contribution in [3.8, 4) is 11.5 Å². The third-order valence-electron chi connectivity index (χ3n) is 3.58. The highest BCUT2D eigenvalue weighted by Gasteiger charge is 2.21. The predicted molar refractivity (Wildman–Crippen MR) is 81.4 cm³/mol. The van der Waals surface area contributed by atoms with Crippen LogP contribution in [0.25, 0.3) is 0 Å². The molecule has 0 saturated carbocycles. The Bertz CT molecular complexity index is 531. The normalized spacial score (nSPS) is 18.2.